The van der Waals surface area contributed by atoms with E-state index in [9.17, 15) is 0 Å². The molecule has 21 heavy (non-hydrogen) atoms. The molecule has 1 nitrogen and oxygen atoms in total. The van der Waals surface area contributed by atoms with Crippen molar-refractivity contribution in [3.8, 4) is 0 Å². The van der Waals surface area contributed by atoms with Gasteiger partial charge in [0.25, 0.3) is 0 Å². The summed E-state index contributed by atoms with van der Waals surface area (Å²) in [5.41, 5.74) is 2.54. The quantitative estimate of drug-likeness (QED) is 0.609. The van der Waals surface area contributed by atoms with Crippen LogP contribution in [-0.2, 0) is 6.42 Å². The van der Waals surface area contributed by atoms with Crippen LogP contribution in [0.1, 0.15) is 43.4 Å². The number of hydrogen-bond acceptors (Lipinski definition) is 2. The van der Waals surface area contributed by atoms with Crippen LogP contribution in [0.15, 0.2) is 36.4 Å². The normalized spacial score (nSPS) is 12.5. The van der Waals surface area contributed by atoms with Gasteiger partial charge in [0.15, 0.2) is 0 Å². The molecule has 0 radical (unpaired) electrons. The lowest BCUT2D eigenvalue weighted by Crippen LogP contribution is -2.22. The Kier molecular flexibility index (Phi) is 7.05. The van der Waals surface area contributed by atoms with E-state index in [-0.39, 0.29) is 0 Å². The Balaban J connectivity index is 1.95. The van der Waals surface area contributed by atoms with Gasteiger partial charge in [0.2, 0.25) is 0 Å². The molecule has 2 aromatic rings. The summed E-state index contributed by atoms with van der Waals surface area (Å²) < 4.78 is 1.58. The Bertz CT molecular complexity index is 539. The highest BCUT2D eigenvalue weighted by molar-refractivity contribution is 7.20. The van der Waals surface area contributed by atoms with Gasteiger partial charge in [0.1, 0.15) is 0 Å². The zero-order chi connectivity index (χ0) is 15.1. The highest BCUT2D eigenvalue weighted by atomic mass is 35.5. The Morgan fingerprint density at radius 2 is 1.95 bits per heavy atom. The van der Waals surface area contributed by atoms with E-state index < -0.39 is 0 Å². The van der Waals surface area contributed by atoms with Crippen molar-refractivity contribution in [2.75, 3.05) is 6.54 Å². The molecule has 1 atom stereocenters. The van der Waals surface area contributed by atoms with E-state index >= 15 is 0 Å². The number of halogens is 2. The minimum absolute atomic E-state index is 0.296. The smallest absolute Gasteiger partial charge is 0.0991 e. The summed E-state index contributed by atoms with van der Waals surface area (Å²) in [6.07, 6.45) is 4.42. The number of benzene rings is 1. The fourth-order valence-electron chi connectivity index (χ4n) is 2.43. The van der Waals surface area contributed by atoms with Crippen molar-refractivity contribution >= 4 is 34.5 Å². The van der Waals surface area contributed by atoms with Crippen molar-refractivity contribution in [2.24, 2.45) is 0 Å². The molecule has 0 saturated carbocycles. The predicted octanol–water partition coefficient (Wildman–Crippen LogP) is 6.12. The zero-order valence-electron chi connectivity index (χ0n) is 12.2. The first-order chi connectivity index (χ1) is 10.2. The maximum atomic E-state index is 6.31. The first kappa shape index (κ1) is 16.8. The van der Waals surface area contributed by atoms with Crippen LogP contribution < -0.4 is 5.32 Å². The van der Waals surface area contributed by atoms with E-state index in [4.69, 9.17) is 23.2 Å². The summed E-state index contributed by atoms with van der Waals surface area (Å²) in [5, 5.41) is 3.59. The third-order valence-corrected chi connectivity index (χ3v) is 5.02. The van der Waals surface area contributed by atoms with E-state index in [0.717, 1.165) is 46.5 Å². The maximum Gasteiger partial charge on any atom is 0.0991 e. The Labute approximate surface area is 141 Å². The van der Waals surface area contributed by atoms with Gasteiger partial charge in [-0.1, -0.05) is 60.5 Å². The van der Waals surface area contributed by atoms with Crippen LogP contribution in [0.2, 0.25) is 8.67 Å². The first-order valence-corrected chi connectivity index (χ1v) is 9.00. The van der Waals surface area contributed by atoms with Gasteiger partial charge in [-0.2, -0.15) is 0 Å². The molecule has 0 aliphatic carbocycles. The van der Waals surface area contributed by atoms with Crippen LogP contribution in [0.3, 0.4) is 0 Å². The standard InChI is InChI=1S/C17H21Cl2NS/c1-2-11-20-15(14-12-16(18)21-17(14)19)10-6-9-13-7-4-3-5-8-13/h3-5,7-8,12,15,20H,2,6,9-11H2,1H3. The molecule has 1 unspecified atom stereocenters. The first-order valence-electron chi connectivity index (χ1n) is 7.42. The summed E-state index contributed by atoms with van der Waals surface area (Å²) >= 11 is 13.8. The van der Waals surface area contributed by atoms with Gasteiger partial charge in [0.05, 0.1) is 8.67 Å². The number of thiophene rings is 1. The van der Waals surface area contributed by atoms with Crippen molar-refractivity contribution in [2.45, 2.75) is 38.6 Å². The molecule has 1 aromatic heterocycles. The number of aryl methyl sites for hydroxylation is 1. The van der Waals surface area contributed by atoms with E-state index in [1.165, 1.54) is 16.9 Å². The average molecular weight is 342 g/mol. The van der Waals surface area contributed by atoms with Crippen LogP contribution >= 0.6 is 34.5 Å². The topological polar surface area (TPSA) is 12.0 Å². The highest BCUT2D eigenvalue weighted by Gasteiger charge is 2.16. The van der Waals surface area contributed by atoms with Crippen LogP contribution in [0.4, 0.5) is 0 Å². The van der Waals surface area contributed by atoms with E-state index in [2.05, 4.69) is 42.6 Å². The lowest BCUT2D eigenvalue weighted by molar-refractivity contribution is 0.485. The zero-order valence-corrected chi connectivity index (χ0v) is 14.6. The Hall–Kier alpha value is -0.540. The third-order valence-electron chi connectivity index (χ3n) is 3.50. The van der Waals surface area contributed by atoms with Gasteiger partial charge < -0.3 is 5.32 Å². The van der Waals surface area contributed by atoms with Gasteiger partial charge in [-0.25, -0.2) is 0 Å². The van der Waals surface area contributed by atoms with E-state index in [1.54, 1.807) is 0 Å². The highest BCUT2D eigenvalue weighted by Crippen LogP contribution is 2.36. The van der Waals surface area contributed by atoms with Crippen molar-refractivity contribution in [3.05, 3.63) is 56.2 Å². The Morgan fingerprint density at radius 1 is 1.19 bits per heavy atom. The summed E-state index contributed by atoms with van der Waals surface area (Å²) in [6.45, 7) is 3.18. The minimum Gasteiger partial charge on any atom is -0.310 e. The molecule has 1 N–H and O–H groups in total. The van der Waals surface area contributed by atoms with Crippen LogP contribution in [0.5, 0.6) is 0 Å². The predicted molar refractivity (Wildman–Crippen MR) is 94.8 cm³/mol. The lowest BCUT2D eigenvalue weighted by atomic mass is 10.0. The molecule has 2 rings (SSSR count). The van der Waals surface area contributed by atoms with Crippen molar-refractivity contribution in [3.63, 3.8) is 0 Å². The SMILES string of the molecule is CCCNC(CCCc1ccccc1)c1cc(Cl)sc1Cl. The van der Waals surface area contributed by atoms with Crippen LogP contribution in [0.25, 0.3) is 0 Å². The molecular weight excluding hydrogens is 321 g/mol. The van der Waals surface area contributed by atoms with Crippen LogP contribution in [-0.4, -0.2) is 6.54 Å². The lowest BCUT2D eigenvalue weighted by Gasteiger charge is -2.18. The fourth-order valence-corrected chi connectivity index (χ4v) is 4.01. The monoisotopic (exact) mass is 341 g/mol. The van der Waals surface area contributed by atoms with Gasteiger partial charge in [-0.15, -0.1) is 11.3 Å². The van der Waals surface area contributed by atoms with Gasteiger partial charge >= 0.3 is 0 Å². The molecule has 0 amide bonds. The molecule has 0 bridgehead atoms. The molecule has 1 heterocycles. The number of rotatable bonds is 8. The summed E-state index contributed by atoms with van der Waals surface area (Å²) in [7, 11) is 0. The van der Waals surface area contributed by atoms with E-state index in [0.29, 0.717) is 6.04 Å². The molecular formula is C17H21Cl2NS. The molecule has 114 valence electrons. The molecule has 0 aliphatic heterocycles. The number of hydrogen-bond donors (Lipinski definition) is 1. The maximum absolute atomic E-state index is 6.31. The van der Waals surface area contributed by atoms with Gasteiger partial charge in [-0.3, -0.25) is 0 Å². The second-order valence-electron chi connectivity index (χ2n) is 5.16. The van der Waals surface area contributed by atoms with Crippen molar-refractivity contribution in [1.82, 2.24) is 5.32 Å². The largest absolute Gasteiger partial charge is 0.310 e. The molecule has 0 saturated heterocycles. The third kappa shape index (κ3) is 5.30. The minimum atomic E-state index is 0.296. The van der Waals surface area contributed by atoms with Crippen LogP contribution in [0, 0.1) is 0 Å². The molecule has 0 aliphatic rings. The molecule has 4 heteroatoms. The molecule has 1 aromatic carbocycles. The molecule has 0 fully saturated rings. The van der Waals surface area contributed by atoms with Gasteiger partial charge in [-0.05, 0) is 43.9 Å². The molecule has 0 spiro atoms. The van der Waals surface area contributed by atoms with Crippen molar-refractivity contribution < 1.29 is 0 Å². The van der Waals surface area contributed by atoms with Crippen molar-refractivity contribution in [1.29, 1.82) is 0 Å². The number of nitrogens with one attached hydrogen (secondary N) is 1. The second-order valence-corrected chi connectivity index (χ2v) is 7.45. The Morgan fingerprint density at radius 3 is 2.57 bits per heavy atom. The average Bonchev–Trinajstić information content (AvgIpc) is 2.82. The summed E-state index contributed by atoms with van der Waals surface area (Å²) in [5.74, 6) is 0. The fraction of sp³-hybridized carbons (Fsp3) is 0.412. The van der Waals surface area contributed by atoms with Gasteiger partial charge in [0, 0.05) is 11.6 Å². The summed E-state index contributed by atoms with van der Waals surface area (Å²) in [6, 6.07) is 12.9. The second kappa shape index (κ2) is 8.79. The summed E-state index contributed by atoms with van der Waals surface area (Å²) in [4.78, 5) is 0. The van der Waals surface area contributed by atoms with E-state index in [1.807, 2.05) is 6.07 Å².